The maximum atomic E-state index is 15.1. The lowest BCUT2D eigenvalue weighted by Crippen LogP contribution is -2.45. The lowest BCUT2D eigenvalue weighted by Gasteiger charge is -2.24. The van der Waals surface area contributed by atoms with Gasteiger partial charge in [0.15, 0.2) is 9.84 Å². The molecular formula is C27H27ClFN3O5S. The fourth-order valence-electron chi connectivity index (χ4n) is 4.38. The van der Waals surface area contributed by atoms with Crippen molar-refractivity contribution in [2.24, 2.45) is 0 Å². The van der Waals surface area contributed by atoms with Gasteiger partial charge in [-0.3, -0.25) is 4.79 Å². The molecule has 2 N–H and O–H groups in total. The number of nitrogens with one attached hydrogen (secondary N) is 2. The molecule has 0 radical (unpaired) electrons. The van der Waals surface area contributed by atoms with Gasteiger partial charge in [0.25, 0.3) is 0 Å². The molecule has 0 aliphatic carbocycles. The number of amides is 3. The van der Waals surface area contributed by atoms with Crippen molar-refractivity contribution in [2.75, 3.05) is 30.0 Å². The first-order valence-corrected chi connectivity index (χ1v) is 14.2. The van der Waals surface area contributed by atoms with Crippen molar-refractivity contribution in [3.8, 4) is 11.1 Å². The molecule has 1 aliphatic heterocycles. The predicted molar refractivity (Wildman–Crippen MR) is 145 cm³/mol. The molecule has 38 heavy (non-hydrogen) atoms. The van der Waals surface area contributed by atoms with Gasteiger partial charge in [0.1, 0.15) is 11.9 Å². The van der Waals surface area contributed by atoms with Crippen molar-refractivity contribution in [2.45, 2.75) is 30.4 Å². The predicted octanol–water partition coefficient (Wildman–Crippen LogP) is 5.20. The van der Waals surface area contributed by atoms with Gasteiger partial charge in [0, 0.05) is 42.1 Å². The van der Waals surface area contributed by atoms with Crippen LogP contribution >= 0.6 is 11.6 Å². The fourth-order valence-corrected chi connectivity index (χ4v) is 5.42. The summed E-state index contributed by atoms with van der Waals surface area (Å²) >= 11 is 5.91. The largest absolute Gasteiger partial charge is 0.377 e. The number of carbonyl (C=O) groups is 2. The standard InChI is InChI=1S/C27H27ClFN3O5S/c1-3-37-20-15-24(32(16-20)27(34)30-19-11-9-18(28)10-12-19)26(33)31-23-13-8-17(14-22(23)29)21-6-4-5-7-25(21)38(2,35)36/h4-14,20,24H,3,15-16H2,1-2H3,(H,30,34)(H,31,33)/t20-,24-/m1/s1. The van der Waals surface area contributed by atoms with Crippen LogP contribution in [0.5, 0.6) is 0 Å². The summed E-state index contributed by atoms with van der Waals surface area (Å²) in [6.45, 7) is 2.43. The molecule has 1 fully saturated rings. The number of halogens is 2. The van der Waals surface area contributed by atoms with E-state index in [-0.39, 0.29) is 29.7 Å². The zero-order chi connectivity index (χ0) is 27.4. The number of hydrogen-bond donors (Lipinski definition) is 2. The molecule has 8 nitrogen and oxygen atoms in total. The van der Waals surface area contributed by atoms with Gasteiger partial charge in [-0.2, -0.15) is 0 Å². The van der Waals surface area contributed by atoms with Crippen molar-refractivity contribution in [1.82, 2.24) is 4.90 Å². The zero-order valence-corrected chi connectivity index (χ0v) is 22.4. The first kappa shape index (κ1) is 27.6. The molecule has 3 aromatic carbocycles. The minimum absolute atomic E-state index is 0.0754. The van der Waals surface area contributed by atoms with Crippen LogP contribution < -0.4 is 10.6 Å². The van der Waals surface area contributed by atoms with E-state index in [1.54, 1.807) is 42.5 Å². The Balaban J connectivity index is 1.53. The summed E-state index contributed by atoms with van der Waals surface area (Å²) in [7, 11) is -3.54. The third kappa shape index (κ3) is 6.32. The number of benzene rings is 3. The van der Waals surface area contributed by atoms with Crippen LogP contribution in [0.15, 0.2) is 71.6 Å². The number of anilines is 2. The highest BCUT2D eigenvalue weighted by Crippen LogP contribution is 2.30. The Morgan fingerprint density at radius 1 is 1.08 bits per heavy atom. The van der Waals surface area contributed by atoms with Crippen LogP contribution in [0.2, 0.25) is 5.02 Å². The maximum absolute atomic E-state index is 15.1. The number of likely N-dealkylation sites (tertiary alicyclic amines) is 1. The van der Waals surface area contributed by atoms with E-state index in [1.807, 2.05) is 6.92 Å². The molecule has 0 spiro atoms. The second-order valence-electron chi connectivity index (χ2n) is 8.87. The molecule has 11 heteroatoms. The van der Waals surface area contributed by atoms with E-state index in [4.69, 9.17) is 16.3 Å². The molecule has 0 saturated carbocycles. The summed E-state index contributed by atoms with van der Waals surface area (Å²) in [5.74, 6) is -1.31. The van der Waals surface area contributed by atoms with Crippen LogP contribution in [-0.2, 0) is 19.4 Å². The Bertz CT molecular complexity index is 1450. The number of ether oxygens (including phenoxy) is 1. The molecule has 1 aliphatic rings. The first-order chi connectivity index (χ1) is 18.1. The Hall–Kier alpha value is -3.47. The summed E-state index contributed by atoms with van der Waals surface area (Å²) in [6.07, 6.45) is 0.976. The van der Waals surface area contributed by atoms with Crippen molar-refractivity contribution >= 4 is 44.8 Å². The molecule has 4 rings (SSSR count). The monoisotopic (exact) mass is 559 g/mol. The zero-order valence-electron chi connectivity index (χ0n) is 20.8. The van der Waals surface area contributed by atoms with Crippen molar-refractivity contribution in [3.63, 3.8) is 0 Å². The average molecular weight is 560 g/mol. The van der Waals surface area contributed by atoms with Crippen LogP contribution in [0.4, 0.5) is 20.6 Å². The van der Waals surface area contributed by atoms with Crippen LogP contribution in [0.25, 0.3) is 11.1 Å². The number of sulfone groups is 1. The highest BCUT2D eigenvalue weighted by Gasteiger charge is 2.40. The summed E-state index contributed by atoms with van der Waals surface area (Å²) in [4.78, 5) is 27.7. The lowest BCUT2D eigenvalue weighted by molar-refractivity contribution is -0.119. The number of rotatable bonds is 7. The van der Waals surface area contributed by atoms with Gasteiger partial charge < -0.3 is 20.3 Å². The summed E-state index contributed by atoms with van der Waals surface area (Å²) < 4.78 is 45.1. The van der Waals surface area contributed by atoms with Gasteiger partial charge in [-0.05, 0) is 55.0 Å². The molecule has 1 heterocycles. The highest BCUT2D eigenvalue weighted by molar-refractivity contribution is 7.90. The van der Waals surface area contributed by atoms with Crippen molar-refractivity contribution < 1.29 is 27.1 Å². The minimum Gasteiger partial charge on any atom is -0.377 e. The maximum Gasteiger partial charge on any atom is 0.322 e. The summed E-state index contributed by atoms with van der Waals surface area (Å²) in [6, 6.07) is 15.5. The van der Waals surface area contributed by atoms with Crippen LogP contribution in [-0.4, -0.2) is 56.8 Å². The van der Waals surface area contributed by atoms with E-state index in [1.165, 1.54) is 29.2 Å². The second kappa shape index (κ2) is 11.5. The van der Waals surface area contributed by atoms with Crippen LogP contribution in [0, 0.1) is 5.82 Å². The molecule has 200 valence electrons. The fraction of sp³-hybridized carbons (Fsp3) is 0.259. The van der Waals surface area contributed by atoms with Gasteiger partial charge in [0.05, 0.1) is 16.7 Å². The number of urea groups is 1. The number of nitrogens with zero attached hydrogens (tertiary/aromatic N) is 1. The third-order valence-corrected chi connectivity index (χ3v) is 7.56. The van der Waals surface area contributed by atoms with E-state index in [0.29, 0.717) is 28.4 Å². The van der Waals surface area contributed by atoms with Crippen molar-refractivity contribution in [1.29, 1.82) is 0 Å². The van der Waals surface area contributed by atoms with Crippen molar-refractivity contribution in [3.05, 3.63) is 77.6 Å². The molecule has 3 aromatic rings. The Kier molecular flexibility index (Phi) is 8.35. The molecule has 3 amide bonds. The first-order valence-electron chi connectivity index (χ1n) is 11.9. The Labute approximate surface area is 225 Å². The quantitative estimate of drug-likeness (QED) is 0.414. The van der Waals surface area contributed by atoms with E-state index >= 15 is 4.39 Å². The van der Waals surface area contributed by atoms with Crippen LogP contribution in [0.1, 0.15) is 13.3 Å². The summed E-state index contributed by atoms with van der Waals surface area (Å²) in [5, 5.41) is 5.83. The minimum atomic E-state index is -3.54. The number of hydrogen-bond acceptors (Lipinski definition) is 5. The third-order valence-electron chi connectivity index (χ3n) is 6.15. The Morgan fingerprint density at radius 3 is 2.45 bits per heavy atom. The topological polar surface area (TPSA) is 105 Å². The summed E-state index contributed by atoms with van der Waals surface area (Å²) in [5.41, 5.74) is 1.12. The normalized spacial score (nSPS) is 17.3. The van der Waals surface area contributed by atoms with Gasteiger partial charge >= 0.3 is 6.03 Å². The molecular weight excluding hydrogens is 533 g/mol. The van der Waals surface area contributed by atoms with Gasteiger partial charge in [-0.1, -0.05) is 35.9 Å². The average Bonchev–Trinajstić information content (AvgIpc) is 3.31. The van der Waals surface area contributed by atoms with E-state index in [9.17, 15) is 18.0 Å². The van der Waals surface area contributed by atoms with E-state index in [0.717, 1.165) is 6.26 Å². The molecule has 0 aromatic heterocycles. The molecule has 1 saturated heterocycles. The van der Waals surface area contributed by atoms with Crippen LogP contribution in [0.3, 0.4) is 0 Å². The van der Waals surface area contributed by atoms with Gasteiger partial charge in [0.2, 0.25) is 5.91 Å². The van der Waals surface area contributed by atoms with Gasteiger partial charge in [-0.15, -0.1) is 0 Å². The highest BCUT2D eigenvalue weighted by atomic mass is 35.5. The smallest absolute Gasteiger partial charge is 0.322 e. The molecule has 0 unspecified atom stereocenters. The van der Waals surface area contributed by atoms with Gasteiger partial charge in [-0.25, -0.2) is 17.6 Å². The second-order valence-corrected chi connectivity index (χ2v) is 11.3. The lowest BCUT2D eigenvalue weighted by atomic mass is 10.0. The van der Waals surface area contributed by atoms with E-state index < -0.39 is 33.6 Å². The molecule has 2 atom stereocenters. The van der Waals surface area contributed by atoms with E-state index in [2.05, 4.69) is 10.6 Å². The Morgan fingerprint density at radius 2 is 1.79 bits per heavy atom. The SMILES string of the molecule is CCO[C@@H]1C[C@H](C(=O)Nc2ccc(-c3ccccc3S(C)(=O)=O)cc2F)N(C(=O)Nc2ccc(Cl)cc2)C1. The molecule has 0 bridgehead atoms. The number of carbonyl (C=O) groups excluding carboxylic acids is 2.